The Bertz CT molecular complexity index is 748. The van der Waals surface area contributed by atoms with E-state index in [1.54, 1.807) is 19.2 Å². The van der Waals surface area contributed by atoms with E-state index >= 15 is 0 Å². The highest BCUT2D eigenvalue weighted by atomic mass is 19.4. The summed E-state index contributed by atoms with van der Waals surface area (Å²) in [7, 11) is 2.98. The molecule has 1 aliphatic rings. The van der Waals surface area contributed by atoms with E-state index in [1.165, 1.54) is 18.1 Å². The summed E-state index contributed by atoms with van der Waals surface area (Å²) in [5, 5.41) is 10.8. The SMILES string of the molecule is COc1ccc2c(c1)[C@@](O)(C(F)(F)F)[C@H](CCc1ccccc1)N2C. The summed E-state index contributed by atoms with van der Waals surface area (Å²) in [4.78, 5) is 1.52. The minimum absolute atomic E-state index is 0.153. The molecule has 3 rings (SSSR count). The third-order valence-corrected chi connectivity index (χ3v) is 4.93. The van der Waals surface area contributed by atoms with E-state index in [0.29, 0.717) is 17.9 Å². The third-order valence-electron chi connectivity index (χ3n) is 4.93. The van der Waals surface area contributed by atoms with Gasteiger partial charge in [0.25, 0.3) is 0 Å². The molecule has 2 atom stereocenters. The number of hydrogen-bond donors (Lipinski definition) is 1. The Labute approximate surface area is 144 Å². The van der Waals surface area contributed by atoms with Crippen LogP contribution in [0.15, 0.2) is 48.5 Å². The number of aryl methyl sites for hydroxylation is 1. The first-order chi connectivity index (χ1) is 11.8. The van der Waals surface area contributed by atoms with Crippen molar-refractivity contribution < 1.29 is 23.0 Å². The zero-order valence-electron chi connectivity index (χ0n) is 14.0. The van der Waals surface area contributed by atoms with Gasteiger partial charge in [-0.3, -0.25) is 0 Å². The van der Waals surface area contributed by atoms with Crippen molar-refractivity contribution in [1.29, 1.82) is 0 Å². The molecule has 0 radical (unpaired) electrons. The van der Waals surface area contributed by atoms with E-state index in [1.807, 2.05) is 30.3 Å². The Morgan fingerprint density at radius 3 is 2.44 bits per heavy atom. The maximum Gasteiger partial charge on any atom is 0.423 e. The van der Waals surface area contributed by atoms with Crippen LogP contribution in [0.1, 0.15) is 17.5 Å². The number of likely N-dealkylation sites (N-methyl/N-ethyl adjacent to an activating group) is 1. The van der Waals surface area contributed by atoms with Gasteiger partial charge in [0, 0.05) is 18.3 Å². The van der Waals surface area contributed by atoms with Crippen molar-refractivity contribution in [3.8, 4) is 5.75 Å². The summed E-state index contributed by atoms with van der Waals surface area (Å²) >= 11 is 0. The maximum absolute atomic E-state index is 13.9. The summed E-state index contributed by atoms with van der Waals surface area (Å²) in [6.07, 6.45) is -4.17. The van der Waals surface area contributed by atoms with E-state index < -0.39 is 17.8 Å². The van der Waals surface area contributed by atoms with Crippen LogP contribution in [0.3, 0.4) is 0 Å². The van der Waals surface area contributed by atoms with Gasteiger partial charge in [-0.15, -0.1) is 0 Å². The highest BCUT2D eigenvalue weighted by molar-refractivity contribution is 5.65. The van der Waals surface area contributed by atoms with Crippen LogP contribution in [-0.4, -0.2) is 31.5 Å². The summed E-state index contributed by atoms with van der Waals surface area (Å²) in [5.41, 5.74) is -1.77. The van der Waals surface area contributed by atoms with Crippen LogP contribution in [0.25, 0.3) is 0 Å². The zero-order valence-corrected chi connectivity index (χ0v) is 14.0. The van der Waals surface area contributed by atoms with Gasteiger partial charge in [-0.25, -0.2) is 0 Å². The van der Waals surface area contributed by atoms with E-state index in [0.717, 1.165) is 5.56 Å². The van der Waals surface area contributed by atoms with Gasteiger partial charge in [-0.05, 0) is 36.6 Å². The van der Waals surface area contributed by atoms with Crippen molar-refractivity contribution in [2.45, 2.75) is 30.7 Å². The molecule has 0 aliphatic carbocycles. The number of alkyl halides is 3. The smallest absolute Gasteiger partial charge is 0.423 e. The molecule has 25 heavy (non-hydrogen) atoms. The quantitative estimate of drug-likeness (QED) is 0.907. The lowest BCUT2D eigenvalue weighted by atomic mass is 9.85. The number of halogens is 3. The molecule has 1 aliphatic heterocycles. The van der Waals surface area contributed by atoms with Gasteiger partial charge < -0.3 is 14.7 Å². The zero-order chi connectivity index (χ0) is 18.2. The Balaban J connectivity index is 1.99. The van der Waals surface area contributed by atoms with Crippen LogP contribution < -0.4 is 9.64 Å². The topological polar surface area (TPSA) is 32.7 Å². The lowest BCUT2D eigenvalue weighted by molar-refractivity contribution is -0.271. The minimum atomic E-state index is -4.79. The molecule has 0 aromatic heterocycles. The standard InChI is InChI=1S/C19H20F3NO2/c1-23-16-10-9-14(25-2)12-15(16)18(24,19(20,21)22)17(23)11-8-13-6-4-3-5-7-13/h3-7,9-10,12,17,24H,8,11H2,1-2H3/t17-,18-/m0/s1. The normalized spacial score (nSPS) is 22.8. The van der Waals surface area contributed by atoms with Crippen molar-refractivity contribution in [2.75, 3.05) is 19.1 Å². The van der Waals surface area contributed by atoms with Crippen LogP contribution in [-0.2, 0) is 12.0 Å². The number of benzene rings is 2. The molecule has 2 aromatic rings. The van der Waals surface area contributed by atoms with E-state index in [2.05, 4.69) is 0 Å². The number of methoxy groups -OCH3 is 1. The van der Waals surface area contributed by atoms with Crippen LogP contribution in [0.5, 0.6) is 5.75 Å². The fraction of sp³-hybridized carbons (Fsp3) is 0.368. The summed E-state index contributed by atoms with van der Waals surface area (Å²) in [6.45, 7) is 0. The highest BCUT2D eigenvalue weighted by Crippen LogP contribution is 2.53. The van der Waals surface area contributed by atoms with E-state index in [9.17, 15) is 18.3 Å². The number of hydrogen-bond acceptors (Lipinski definition) is 3. The second kappa shape index (κ2) is 6.26. The van der Waals surface area contributed by atoms with Gasteiger partial charge in [-0.2, -0.15) is 13.2 Å². The minimum Gasteiger partial charge on any atom is -0.497 e. The predicted octanol–water partition coefficient (Wildman–Crippen LogP) is 3.90. The average Bonchev–Trinajstić information content (AvgIpc) is 2.82. The second-order valence-corrected chi connectivity index (χ2v) is 6.30. The number of fused-ring (bicyclic) bond motifs is 1. The fourth-order valence-electron chi connectivity index (χ4n) is 3.57. The summed E-state index contributed by atoms with van der Waals surface area (Å²) in [5.74, 6) is 0.290. The van der Waals surface area contributed by atoms with Gasteiger partial charge in [-0.1, -0.05) is 30.3 Å². The third kappa shape index (κ3) is 2.84. The molecule has 0 amide bonds. The molecule has 0 unspecified atom stereocenters. The molecule has 0 saturated heterocycles. The number of ether oxygens (including phenoxy) is 1. The molecule has 6 heteroatoms. The summed E-state index contributed by atoms with van der Waals surface area (Å²) < 4.78 is 46.7. The predicted molar refractivity (Wildman–Crippen MR) is 89.9 cm³/mol. The monoisotopic (exact) mass is 351 g/mol. The average molecular weight is 351 g/mol. The Kier molecular flexibility index (Phi) is 4.41. The molecular weight excluding hydrogens is 331 g/mol. The van der Waals surface area contributed by atoms with Gasteiger partial charge >= 0.3 is 6.18 Å². The molecule has 3 nitrogen and oxygen atoms in total. The van der Waals surface area contributed by atoms with E-state index in [4.69, 9.17) is 4.74 Å². The van der Waals surface area contributed by atoms with Crippen LogP contribution in [0.2, 0.25) is 0 Å². The van der Waals surface area contributed by atoms with Gasteiger partial charge in [0.05, 0.1) is 13.2 Å². The largest absolute Gasteiger partial charge is 0.497 e. The lowest BCUT2D eigenvalue weighted by Gasteiger charge is -2.35. The number of rotatable bonds is 4. The molecule has 2 aromatic carbocycles. The molecular formula is C19H20F3NO2. The number of nitrogens with zero attached hydrogens (tertiary/aromatic N) is 1. The van der Waals surface area contributed by atoms with Crippen molar-refractivity contribution in [3.63, 3.8) is 0 Å². The Hall–Kier alpha value is -2.21. The molecule has 0 saturated carbocycles. The summed E-state index contributed by atoms with van der Waals surface area (Å²) in [6, 6.07) is 12.7. The number of aliphatic hydroxyl groups is 1. The Morgan fingerprint density at radius 1 is 1.16 bits per heavy atom. The van der Waals surface area contributed by atoms with Crippen LogP contribution in [0.4, 0.5) is 18.9 Å². The lowest BCUT2D eigenvalue weighted by Crippen LogP contribution is -2.53. The van der Waals surface area contributed by atoms with Crippen molar-refractivity contribution >= 4 is 5.69 Å². The number of anilines is 1. The first-order valence-corrected chi connectivity index (χ1v) is 8.03. The first-order valence-electron chi connectivity index (χ1n) is 8.03. The van der Waals surface area contributed by atoms with Crippen molar-refractivity contribution in [3.05, 3.63) is 59.7 Å². The van der Waals surface area contributed by atoms with Crippen molar-refractivity contribution in [2.24, 2.45) is 0 Å². The van der Waals surface area contributed by atoms with Crippen molar-refractivity contribution in [1.82, 2.24) is 0 Å². The molecule has 0 bridgehead atoms. The highest BCUT2D eigenvalue weighted by Gasteiger charge is 2.65. The van der Waals surface area contributed by atoms with Gasteiger partial charge in [0.1, 0.15) is 5.75 Å². The first kappa shape index (κ1) is 17.6. The molecule has 1 heterocycles. The molecule has 0 spiro atoms. The maximum atomic E-state index is 13.9. The second-order valence-electron chi connectivity index (χ2n) is 6.30. The van der Waals surface area contributed by atoms with Crippen LogP contribution in [0, 0.1) is 0 Å². The molecule has 1 N–H and O–H groups in total. The van der Waals surface area contributed by atoms with Gasteiger partial charge in [0.15, 0.2) is 0 Å². The molecule has 0 fully saturated rings. The van der Waals surface area contributed by atoms with Gasteiger partial charge in [0.2, 0.25) is 5.60 Å². The Morgan fingerprint density at radius 2 is 1.84 bits per heavy atom. The fourth-order valence-corrected chi connectivity index (χ4v) is 3.57. The van der Waals surface area contributed by atoms with Crippen LogP contribution >= 0.6 is 0 Å². The molecule has 134 valence electrons. The van der Waals surface area contributed by atoms with E-state index in [-0.39, 0.29) is 12.0 Å².